The van der Waals surface area contributed by atoms with Crippen molar-refractivity contribution in [3.05, 3.63) is 65.3 Å². The highest BCUT2D eigenvalue weighted by Crippen LogP contribution is 2.37. The van der Waals surface area contributed by atoms with Crippen LogP contribution < -0.4 is 25.4 Å². The standard InChI is InChI=1S/C22H24ClN5O3/c1-24-10-13-30-16-5-2-4-15(14-16)28-11-8-20(27-28)26-22(29)25-19-9-12-31-21-17(19)6-3-7-18(21)23/h2-8,11,14,19,24H,9-10,12-13H2,1H3,(H2,25,26,27,29)/t19-/m0/s1. The fourth-order valence-electron chi connectivity index (χ4n) is 3.37. The third kappa shape index (κ3) is 5.10. The van der Waals surface area contributed by atoms with E-state index in [4.69, 9.17) is 21.1 Å². The number of amides is 2. The molecular formula is C22H24ClN5O3. The number of rotatable bonds is 7. The number of urea groups is 1. The fraction of sp³-hybridized carbons (Fsp3) is 0.273. The molecule has 3 N–H and O–H groups in total. The number of para-hydroxylation sites is 1. The molecule has 1 aliphatic rings. The van der Waals surface area contributed by atoms with E-state index in [0.29, 0.717) is 36.2 Å². The summed E-state index contributed by atoms with van der Waals surface area (Å²) in [5.41, 5.74) is 1.71. The molecule has 0 spiro atoms. The molecule has 2 amide bonds. The van der Waals surface area contributed by atoms with Crippen molar-refractivity contribution >= 4 is 23.4 Å². The molecule has 0 unspecified atom stereocenters. The van der Waals surface area contributed by atoms with Crippen LogP contribution in [-0.4, -0.2) is 42.6 Å². The molecule has 0 saturated heterocycles. The Bertz CT molecular complexity index is 1060. The summed E-state index contributed by atoms with van der Waals surface area (Å²) in [5.74, 6) is 1.83. The van der Waals surface area contributed by atoms with Gasteiger partial charge < -0.3 is 20.1 Å². The Morgan fingerprint density at radius 3 is 3.03 bits per heavy atom. The Morgan fingerprint density at radius 1 is 1.29 bits per heavy atom. The maximum absolute atomic E-state index is 12.6. The van der Waals surface area contributed by atoms with Crippen LogP contribution in [0.4, 0.5) is 10.6 Å². The van der Waals surface area contributed by atoms with Gasteiger partial charge in [0.15, 0.2) is 5.82 Å². The minimum atomic E-state index is -0.341. The van der Waals surface area contributed by atoms with E-state index in [1.54, 1.807) is 23.0 Å². The Balaban J connectivity index is 1.39. The molecule has 0 bridgehead atoms. The van der Waals surface area contributed by atoms with Crippen molar-refractivity contribution in [2.45, 2.75) is 12.5 Å². The number of hydrogen-bond donors (Lipinski definition) is 3. The summed E-state index contributed by atoms with van der Waals surface area (Å²) in [4.78, 5) is 12.6. The summed E-state index contributed by atoms with van der Waals surface area (Å²) in [6.07, 6.45) is 2.45. The molecule has 0 radical (unpaired) electrons. The molecule has 0 fully saturated rings. The molecule has 3 aromatic rings. The molecule has 2 heterocycles. The minimum Gasteiger partial charge on any atom is -0.492 e. The van der Waals surface area contributed by atoms with Gasteiger partial charge in [-0.05, 0) is 25.2 Å². The van der Waals surface area contributed by atoms with Crippen LogP contribution >= 0.6 is 11.6 Å². The fourth-order valence-corrected chi connectivity index (χ4v) is 3.60. The van der Waals surface area contributed by atoms with Crippen LogP contribution in [0.15, 0.2) is 54.7 Å². The average molecular weight is 442 g/mol. The van der Waals surface area contributed by atoms with Crippen molar-refractivity contribution in [2.75, 3.05) is 32.1 Å². The van der Waals surface area contributed by atoms with Crippen LogP contribution in [0, 0.1) is 0 Å². The summed E-state index contributed by atoms with van der Waals surface area (Å²) in [5, 5.41) is 13.8. The van der Waals surface area contributed by atoms with Gasteiger partial charge in [-0.15, -0.1) is 5.10 Å². The van der Waals surface area contributed by atoms with E-state index in [9.17, 15) is 4.79 Å². The zero-order valence-electron chi connectivity index (χ0n) is 17.1. The molecule has 1 atom stereocenters. The van der Waals surface area contributed by atoms with Crippen molar-refractivity contribution in [3.63, 3.8) is 0 Å². The van der Waals surface area contributed by atoms with E-state index in [1.807, 2.05) is 43.4 Å². The number of nitrogens with one attached hydrogen (secondary N) is 3. The van der Waals surface area contributed by atoms with Gasteiger partial charge in [0.1, 0.15) is 18.1 Å². The summed E-state index contributed by atoms with van der Waals surface area (Å²) in [6.45, 7) is 1.83. The quantitative estimate of drug-likeness (QED) is 0.486. The first kappa shape index (κ1) is 21.0. The SMILES string of the molecule is CNCCOc1cccc(-n2ccc(NC(=O)N[C@H]3CCOc4c(Cl)cccc43)n2)c1. The van der Waals surface area contributed by atoms with E-state index in [1.165, 1.54) is 0 Å². The zero-order valence-corrected chi connectivity index (χ0v) is 17.9. The highest BCUT2D eigenvalue weighted by atomic mass is 35.5. The maximum Gasteiger partial charge on any atom is 0.320 e. The molecule has 0 saturated carbocycles. The minimum absolute atomic E-state index is 0.184. The number of ether oxygens (including phenoxy) is 2. The number of aromatic nitrogens is 2. The predicted molar refractivity (Wildman–Crippen MR) is 119 cm³/mol. The van der Waals surface area contributed by atoms with Crippen LogP contribution in [0.5, 0.6) is 11.5 Å². The van der Waals surface area contributed by atoms with Gasteiger partial charge in [0.2, 0.25) is 0 Å². The highest BCUT2D eigenvalue weighted by Gasteiger charge is 2.24. The molecule has 8 nitrogen and oxygen atoms in total. The zero-order chi connectivity index (χ0) is 21.6. The van der Waals surface area contributed by atoms with E-state index in [2.05, 4.69) is 21.0 Å². The second-order valence-electron chi connectivity index (χ2n) is 7.04. The molecule has 1 aromatic heterocycles. The third-order valence-corrected chi connectivity index (χ3v) is 5.16. The van der Waals surface area contributed by atoms with Gasteiger partial charge in [-0.1, -0.05) is 29.8 Å². The number of carbonyl (C=O) groups is 1. The van der Waals surface area contributed by atoms with Gasteiger partial charge in [-0.2, -0.15) is 0 Å². The number of anilines is 1. The van der Waals surface area contributed by atoms with Crippen molar-refractivity contribution in [1.82, 2.24) is 20.4 Å². The van der Waals surface area contributed by atoms with Crippen LogP contribution in [0.3, 0.4) is 0 Å². The number of benzene rings is 2. The summed E-state index contributed by atoms with van der Waals surface area (Å²) >= 11 is 6.20. The molecular weight excluding hydrogens is 418 g/mol. The van der Waals surface area contributed by atoms with Gasteiger partial charge in [0.05, 0.1) is 23.4 Å². The normalized spacial score (nSPS) is 15.0. The van der Waals surface area contributed by atoms with E-state index in [-0.39, 0.29) is 12.1 Å². The molecule has 31 heavy (non-hydrogen) atoms. The van der Waals surface area contributed by atoms with E-state index < -0.39 is 0 Å². The first-order valence-corrected chi connectivity index (χ1v) is 10.4. The van der Waals surface area contributed by atoms with Crippen molar-refractivity contribution in [1.29, 1.82) is 0 Å². The van der Waals surface area contributed by atoms with Gasteiger partial charge in [-0.25, -0.2) is 9.48 Å². The predicted octanol–water partition coefficient (Wildman–Crippen LogP) is 3.77. The van der Waals surface area contributed by atoms with Crippen LogP contribution in [0.1, 0.15) is 18.0 Å². The first-order chi connectivity index (χ1) is 15.1. The lowest BCUT2D eigenvalue weighted by Gasteiger charge is -2.27. The number of halogens is 1. The number of fused-ring (bicyclic) bond motifs is 1. The molecule has 9 heteroatoms. The second kappa shape index (κ2) is 9.72. The van der Waals surface area contributed by atoms with E-state index >= 15 is 0 Å². The smallest absolute Gasteiger partial charge is 0.320 e. The second-order valence-corrected chi connectivity index (χ2v) is 7.45. The lowest BCUT2D eigenvalue weighted by molar-refractivity contribution is 0.232. The van der Waals surface area contributed by atoms with Crippen molar-refractivity contribution in [3.8, 4) is 17.2 Å². The summed E-state index contributed by atoms with van der Waals surface area (Å²) < 4.78 is 13.0. The topological polar surface area (TPSA) is 89.4 Å². The average Bonchev–Trinajstić information content (AvgIpc) is 3.23. The van der Waals surface area contributed by atoms with Crippen LogP contribution in [-0.2, 0) is 0 Å². The maximum atomic E-state index is 12.6. The monoisotopic (exact) mass is 441 g/mol. The Kier molecular flexibility index (Phi) is 6.59. The Hall–Kier alpha value is -3.23. The lowest BCUT2D eigenvalue weighted by Crippen LogP contribution is -2.35. The van der Waals surface area contributed by atoms with Crippen molar-refractivity contribution < 1.29 is 14.3 Å². The molecule has 4 rings (SSSR count). The Labute approximate surface area is 185 Å². The number of nitrogens with zero attached hydrogens (tertiary/aromatic N) is 2. The number of likely N-dealkylation sites (N-methyl/N-ethyl adjacent to an activating group) is 1. The van der Waals surface area contributed by atoms with Gasteiger partial charge in [-0.3, -0.25) is 5.32 Å². The number of carbonyl (C=O) groups excluding carboxylic acids is 1. The van der Waals surface area contributed by atoms with Crippen LogP contribution in [0.25, 0.3) is 5.69 Å². The van der Waals surface area contributed by atoms with E-state index in [0.717, 1.165) is 23.5 Å². The number of hydrogen-bond acceptors (Lipinski definition) is 5. The summed E-state index contributed by atoms with van der Waals surface area (Å²) in [7, 11) is 1.88. The first-order valence-electron chi connectivity index (χ1n) is 10.1. The molecule has 2 aromatic carbocycles. The van der Waals surface area contributed by atoms with Gasteiger partial charge in [0, 0.05) is 36.9 Å². The van der Waals surface area contributed by atoms with Gasteiger partial charge >= 0.3 is 6.03 Å². The van der Waals surface area contributed by atoms with Gasteiger partial charge in [0.25, 0.3) is 0 Å². The molecule has 1 aliphatic heterocycles. The largest absolute Gasteiger partial charge is 0.492 e. The lowest BCUT2D eigenvalue weighted by atomic mass is 10.0. The highest BCUT2D eigenvalue weighted by molar-refractivity contribution is 6.32. The Morgan fingerprint density at radius 2 is 2.16 bits per heavy atom. The molecule has 162 valence electrons. The third-order valence-electron chi connectivity index (χ3n) is 4.86. The van der Waals surface area contributed by atoms with Crippen LogP contribution in [0.2, 0.25) is 5.02 Å². The molecule has 0 aliphatic carbocycles. The summed E-state index contributed by atoms with van der Waals surface area (Å²) in [6, 6.07) is 14.4. The van der Waals surface area contributed by atoms with Crippen molar-refractivity contribution in [2.24, 2.45) is 0 Å².